The van der Waals surface area contributed by atoms with E-state index in [9.17, 15) is 0 Å². The Labute approximate surface area is 177 Å². The Bertz CT molecular complexity index is 1450. The van der Waals surface area contributed by atoms with Gasteiger partial charge in [0.05, 0.1) is 31.0 Å². The number of pyridine rings is 1. The second-order valence-corrected chi connectivity index (χ2v) is 6.94. The van der Waals surface area contributed by atoms with Gasteiger partial charge in [-0.25, -0.2) is 19.5 Å². The lowest BCUT2D eigenvalue weighted by Crippen LogP contribution is -2.01. The van der Waals surface area contributed by atoms with Crippen molar-refractivity contribution in [3.8, 4) is 34.0 Å². The Hall–Kier alpha value is -4.40. The molecule has 0 radical (unpaired) electrons. The largest absolute Gasteiger partial charge is 0.496 e. The second kappa shape index (κ2) is 7.13. The number of benzene rings is 2. The van der Waals surface area contributed by atoms with Crippen LogP contribution in [0.5, 0.6) is 11.5 Å². The van der Waals surface area contributed by atoms with Crippen LogP contribution in [0.15, 0.2) is 55.0 Å². The molecule has 0 amide bonds. The lowest BCUT2D eigenvalue weighted by molar-refractivity contribution is 0.416. The lowest BCUT2D eigenvalue weighted by atomic mass is 10.0. The van der Waals surface area contributed by atoms with Crippen molar-refractivity contribution in [1.29, 1.82) is 0 Å². The van der Waals surface area contributed by atoms with E-state index in [1.165, 1.54) is 6.33 Å². The highest BCUT2D eigenvalue weighted by molar-refractivity contribution is 5.94. The summed E-state index contributed by atoms with van der Waals surface area (Å²) in [6.45, 7) is 0. The van der Waals surface area contributed by atoms with Crippen molar-refractivity contribution < 1.29 is 9.47 Å². The fraction of sp³-hybridized carbons (Fsp3) is 0.0909. The number of nitrogen functional groups attached to an aromatic ring is 2. The monoisotopic (exact) mass is 413 g/mol. The van der Waals surface area contributed by atoms with Crippen molar-refractivity contribution in [2.75, 3.05) is 25.7 Å². The fourth-order valence-electron chi connectivity index (χ4n) is 3.55. The van der Waals surface area contributed by atoms with E-state index in [1.54, 1.807) is 30.9 Å². The van der Waals surface area contributed by atoms with E-state index < -0.39 is 0 Å². The van der Waals surface area contributed by atoms with Crippen LogP contribution < -0.4 is 20.9 Å². The van der Waals surface area contributed by atoms with Gasteiger partial charge < -0.3 is 20.9 Å². The number of ether oxygens (including phenoxy) is 2. The molecular weight excluding hydrogens is 394 g/mol. The van der Waals surface area contributed by atoms with Gasteiger partial charge in [-0.2, -0.15) is 5.10 Å². The molecule has 9 heteroatoms. The van der Waals surface area contributed by atoms with E-state index in [4.69, 9.17) is 25.9 Å². The van der Waals surface area contributed by atoms with Crippen LogP contribution in [0.1, 0.15) is 0 Å². The summed E-state index contributed by atoms with van der Waals surface area (Å²) in [6.07, 6.45) is 3.38. The van der Waals surface area contributed by atoms with E-state index in [1.807, 2.05) is 36.5 Å². The van der Waals surface area contributed by atoms with Crippen molar-refractivity contribution in [3.05, 3.63) is 55.0 Å². The van der Waals surface area contributed by atoms with E-state index in [-0.39, 0.29) is 0 Å². The molecular formula is C22H19N7O2. The summed E-state index contributed by atoms with van der Waals surface area (Å²) < 4.78 is 12.6. The van der Waals surface area contributed by atoms with E-state index in [2.05, 4.69) is 15.1 Å². The maximum absolute atomic E-state index is 6.24. The molecule has 0 saturated heterocycles. The molecule has 3 heterocycles. The average Bonchev–Trinajstić information content (AvgIpc) is 3.26. The highest BCUT2D eigenvalue weighted by Crippen LogP contribution is 2.36. The molecule has 5 rings (SSSR count). The van der Waals surface area contributed by atoms with Crippen molar-refractivity contribution in [3.63, 3.8) is 0 Å². The fourth-order valence-corrected chi connectivity index (χ4v) is 3.55. The lowest BCUT2D eigenvalue weighted by Gasteiger charge is -2.13. The topological polar surface area (TPSA) is 126 Å². The molecule has 0 aliphatic rings. The molecule has 5 aromatic rings. The second-order valence-electron chi connectivity index (χ2n) is 6.94. The Morgan fingerprint density at radius 2 is 1.68 bits per heavy atom. The highest BCUT2D eigenvalue weighted by atomic mass is 16.5. The molecule has 9 nitrogen and oxygen atoms in total. The number of fused-ring (bicyclic) bond motifs is 2. The number of methoxy groups -OCH3 is 2. The van der Waals surface area contributed by atoms with Crippen molar-refractivity contribution in [1.82, 2.24) is 24.6 Å². The number of nitrogens with zero attached hydrogens (tertiary/aromatic N) is 5. The molecule has 0 unspecified atom stereocenters. The van der Waals surface area contributed by atoms with E-state index in [0.717, 1.165) is 16.8 Å². The first-order valence-electron chi connectivity index (χ1n) is 9.46. The molecule has 0 fully saturated rings. The molecule has 4 N–H and O–H groups in total. The van der Waals surface area contributed by atoms with Crippen LogP contribution >= 0.6 is 0 Å². The summed E-state index contributed by atoms with van der Waals surface area (Å²) in [6, 6.07) is 13.2. The van der Waals surface area contributed by atoms with Gasteiger partial charge in [0.25, 0.3) is 0 Å². The van der Waals surface area contributed by atoms with Crippen LogP contribution in [0.25, 0.3) is 39.1 Å². The maximum Gasteiger partial charge on any atom is 0.165 e. The van der Waals surface area contributed by atoms with Crippen LogP contribution in [-0.2, 0) is 0 Å². The third-order valence-corrected chi connectivity index (χ3v) is 5.13. The Kier molecular flexibility index (Phi) is 4.28. The minimum atomic E-state index is 0.326. The Morgan fingerprint density at radius 1 is 0.871 bits per heavy atom. The van der Waals surface area contributed by atoms with Gasteiger partial charge in [0, 0.05) is 17.6 Å². The van der Waals surface area contributed by atoms with Crippen LogP contribution in [0.2, 0.25) is 0 Å². The zero-order valence-corrected chi connectivity index (χ0v) is 16.9. The molecule has 0 saturated carbocycles. The number of anilines is 2. The van der Waals surface area contributed by atoms with Crippen LogP contribution in [0.3, 0.4) is 0 Å². The SMILES string of the molecule is COc1cc2nc(-c3cc(-c4ccn5ncnc5c4)ccc3OC)nc(N)c2cc1N. The minimum Gasteiger partial charge on any atom is -0.496 e. The van der Waals surface area contributed by atoms with Crippen molar-refractivity contribution in [2.24, 2.45) is 0 Å². The first-order valence-corrected chi connectivity index (χ1v) is 9.46. The van der Waals surface area contributed by atoms with Crippen molar-refractivity contribution in [2.45, 2.75) is 0 Å². The first kappa shape index (κ1) is 18.6. The molecule has 31 heavy (non-hydrogen) atoms. The van der Waals surface area contributed by atoms with Gasteiger partial charge in [-0.05, 0) is 41.5 Å². The number of rotatable bonds is 4. The van der Waals surface area contributed by atoms with Gasteiger partial charge in [-0.1, -0.05) is 6.07 Å². The summed E-state index contributed by atoms with van der Waals surface area (Å²) in [4.78, 5) is 13.5. The Morgan fingerprint density at radius 3 is 2.48 bits per heavy atom. The minimum absolute atomic E-state index is 0.326. The first-order chi connectivity index (χ1) is 15.1. The molecule has 0 aliphatic heterocycles. The molecule has 0 atom stereocenters. The maximum atomic E-state index is 6.24. The predicted molar refractivity (Wildman–Crippen MR) is 119 cm³/mol. The van der Waals surface area contributed by atoms with Gasteiger partial charge in [0.15, 0.2) is 11.5 Å². The standard InChI is InChI=1S/C22H19N7O2/c1-30-18-4-3-12(13-5-6-29-20(8-13)25-11-26-29)7-15(18)22-27-17-10-19(31-2)16(23)9-14(17)21(24)28-22/h3-11H,23H2,1-2H3,(H2,24,27,28). The van der Waals surface area contributed by atoms with Crippen LogP contribution in [-0.4, -0.2) is 38.8 Å². The molecule has 154 valence electrons. The normalized spacial score (nSPS) is 11.2. The van der Waals surface area contributed by atoms with Gasteiger partial charge in [0.1, 0.15) is 23.6 Å². The number of aromatic nitrogens is 5. The molecule has 0 aliphatic carbocycles. The molecule has 0 spiro atoms. The van der Waals surface area contributed by atoms with Gasteiger partial charge in [-0.15, -0.1) is 0 Å². The molecule has 3 aromatic heterocycles. The van der Waals surface area contributed by atoms with Gasteiger partial charge in [0.2, 0.25) is 0 Å². The summed E-state index contributed by atoms with van der Waals surface area (Å²) >= 11 is 0. The average molecular weight is 413 g/mol. The smallest absolute Gasteiger partial charge is 0.165 e. The Balaban J connectivity index is 1.69. The summed E-state index contributed by atoms with van der Waals surface area (Å²) in [5, 5.41) is 4.80. The quantitative estimate of drug-likeness (QED) is 0.430. The summed E-state index contributed by atoms with van der Waals surface area (Å²) in [7, 11) is 3.16. The van der Waals surface area contributed by atoms with Gasteiger partial charge >= 0.3 is 0 Å². The zero-order valence-electron chi connectivity index (χ0n) is 16.9. The molecule has 0 bridgehead atoms. The number of hydrogen-bond acceptors (Lipinski definition) is 8. The number of nitrogens with two attached hydrogens (primary N) is 2. The van der Waals surface area contributed by atoms with Gasteiger partial charge in [-0.3, -0.25) is 0 Å². The summed E-state index contributed by atoms with van der Waals surface area (Å²) in [5.74, 6) is 1.93. The predicted octanol–water partition coefficient (Wildman–Crippen LogP) is 3.19. The zero-order chi connectivity index (χ0) is 21.5. The van der Waals surface area contributed by atoms with Crippen LogP contribution in [0, 0.1) is 0 Å². The van der Waals surface area contributed by atoms with E-state index in [0.29, 0.717) is 45.3 Å². The molecule has 2 aromatic carbocycles. The number of hydrogen-bond donors (Lipinski definition) is 2. The van der Waals surface area contributed by atoms with Crippen molar-refractivity contribution >= 4 is 28.1 Å². The van der Waals surface area contributed by atoms with Crippen LogP contribution in [0.4, 0.5) is 11.5 Å². The van der Waals surface area contributed by atoms with E-state index >= 15 is 0 Å². The third kappa shape index (κ3) is 3.12. The summed E-state index contributed by atoms with van der Waals surface area (Å²) in [5.41, 5.74) is 16.8. The third-order valence-electron chi connectivity index (χ3n) is 5.13. The highest BCUT2D eigenvalue weighted by Gasteiger charge is 2.15.